The van der Waals surface area contributed by atoms with Crippen molar-refractivity contribution in [2.45, 2.75) is 0 Å². The van der Waals surface area contributed by atoms with E-state index in [9.17, 15) is 9.18 Å². The number of carbonyl (C=O) groups is 1. The van der Waals surface area contributed by atoms with Gasteiger partial charge in [0, 0.05) is 0 Å². The number of benzene rings is 1. The first-order valence-corrected chi connectivity index (χ1v) is 3.36. The molecule has 0 aliphatic rings. The van der Waals surface area contributed by atoms with Crippen molar-refractivity contribution in [1.29, 1.82) is 0 Å². The van der Waals surface area contributed by atoms with Gasteiger partial charge in [-0.3, -0.25) is 0 Å². The van der Waals surface area contributed by atoms with Crippen LogP contribution in [0.3, 0.4) is 0 Å². The van der Waals surface area contributed by atoms with Gasteiger partial charge in [-0.05, 0) is 18.2 Å². The van der Waals surface area contributed by atoms with Crippen LogP contribution in [0.4, 0.5) is 4.39 Å². The predicted octanol–water partition coefficient (Wildman–Crippen LogP) is 0.929. The summed E-state index contributed by atoms with van der Waals surface area (Å²) in [5.74, 6) is -1.99. The normalized spacial score (nSPS) is 9.00. The van der Waals surface area contributed by atoms with Gasteiger partial charge in [-0.1, -0.05) is 6.07 Å². The van der Waals surface area contributed by atoms with Crippen LogP contribution in [0.2, 0.25) is 0 Å². The van der Waals surface area contributed by atoms with Gasteiger partial charge in [0.2, 0.25) is 0 Å². The Morgan fingerprint density at radius 1 is 1.54 bits per heavy atom. The maximum Gasteiger partial charge on any atom is 0.419 e. The summed E-state index contributed by atoms with van der Waals surface area (Å²) in [7, 11) is 0. The number of rotatable bonds is 2. The van der Waals surface area contributed by atoms with Crippen molar-refractivity contribution >= 4 is 11.7 Å². The van der Waals surface area contributed by atoms with Gasteiger partial charge < -0.3 is 10.6 Å². The lowest BCUT2D eigenvalue weighted by Gasteiger charge is -1.91. The van der Waals surface area contributed by atoms with Crippen molar-refractivity contribution in [3.8, 4) is 0 Å². The minimum Gasteiger partial charge on any atom is -0.472 e. The molecule has 0 radical (unpaired) electrons. The fourth-order valence-electron chi connectivity index (χ4n) is 0.860. The van der Waals surface area contributed by atoms with Crippen LogP contribution in [-0.4, -0.2) is 21.6 Å². The van der Waals surface area contributed by atoms with Gasteiger partial charge in [-0.2, -0.15) is 4.79 Å². The Hall–Kier alpha value is -2.00. The number of aliphatic carboxylic acids is 1. The standard InChI is InChI=1S/C8H5FN2O2/c9-6-3-1-2-5(4-6)7(11-10)8(12)13/h1-4H,(H,12,13). The van der Waals surface area contributed by atoms with Crippen LogP contribution >= 0.6 is 0 Å². The third-order valence-electron chi connectivity index (χ3n) is 1.40. The van der Waals surface area contributed by atoms with E-state index in [0.29, 0.717) is 0 Å². The smallest absolute Gasteiger partial charge is 0.419 e. The number of carboxylic acid groups (broad SMARTS) is 1. The molecule has 0 saturated heterocycles. The molecule has 13 heavy (non-hydrogen) atoms. The van der Waals surface area contributed by atoms with Crippen molar-refractivity contribution in [2.75, 3.05) is 0 Å². The lowest BCUT2D eigenvalue weighted by Crippen LogP contribution is -2.15. The van der Waals surface area contributed by atoms with E-state index in [-0.39, 0.29) is 5.56 Å². The largest absolute Gasteiger partial charge is 0.472 e. The molecule has 1 rings (SSSR count). The van der Waals surface area contributed by atoms with Crippen molar-refractivity contribution < 1.29 is 19.1 Å². The monoisotopic (exact) mass is 180 g/mol. The first-order valence-electron chi connectivity index (χ1n) is 3.36. The van der Waals surface area contributed by atoms with E-state index >= 15 is 0 Å². The maximum atomic E-state index is 12.6. The molecule has 0 heterocycles. The van der Waals surface area contributed by atoms with Crippen molar-refractivity contribution in [3.63, 3.8) is 0 Å². The molecular formula is C8H5FN2O2. The second kappa shape index (κ2) is 3.60. The number of hydrogen-bond donors (Lipinski definition) is 1. The zero-order valence-corrected chi connectivity index (χ0v) is 6.44. The van der Waals surface area contributed by atoms with Crippen LogP contribution in [0.1, 0.15) is 5.56 Å². The first-order chi connectivity index (χ1) is 6.15. The SMILES string of the molecule is [N-]=[N+]=C(C(=O)O)c1cccc(F)c1. The second-order valence-electron chi connectivity index (χ2n) is 2.26. The molecule has 0 fully saturated rings. The number of halogens is 1. The summed E-state index contributed by atoms with van der Waals surface area (Å²) in [6.07, 6.45) is 0. The molecule has 0 saturated carbocycles. The average Bonchev–Trinajstić information content (AvgIpc) is 2.04. The van der Waals surface area contributed by atoms with E-state index in [1.54, 1.807) is 0 Å². The number of carboxylic acids is 1. The third kappa shape index (κ3) is 1.98. The summed E-state index contributed by atoms with van der Waals surface area (Å²) < 4.78 is 12.6. The highest BCUT2D eigenvalue weighted by Crippen LogP contribution is 2.03. The van der Waals surface area contributed by atoms with Crippen LogP contribution in [-0.2, 0) is 4.79 Å². The summed E-state index contributed by atoms with van der Waals surface area (Å²) in [6, 6.07) is 4.81. The Bertz CT molecular complexity index is 397. The summed E-state index contributed by atoms with van der Waals surface area (Å²) in [5.41, 5.74) is 7.76. The van der Waals surface area contributed by atoms with E-state index in [2.05, 4.69) is 4.79 Å². The topological polar surface area (TPSA) is 73.7 Å². The minimum atomic E-state index is -1.41. The molecular weight excluding hydrogens is 175 g/mol. The fraction of sp³-hybridized carbons (Fsp3) is 0. The average molecular weight is 180 g/mol. The van der Waals surface area contributed by atoms with Crippen LogP contribution < -0.4 is 0 Å². The highest BCUT2D eigenvalue weighted by atomic mass is 19.1. The van der Waals surface area contributed by atoms with Crippen LogP contribution in [0.15, 0.2) is 24.3 Å². The van der Waals surface area contributed by atoms with Crippen LogP contribution in [0.5, 0.6) is 0 Å². The quantitative estimate of drug-likeness (QED) is 0.417. The van der Waals surface area contributed by atoms with Crippen LogP contribution in [0, 0.1) is 5.82 Å². The molecule has 0 spiro atoms. The molecule has 0 amide bonds. The minimum absolute atomic E-state index is 0.0231. The molecule has 0 aliphatic heterocycles. The predicted molar refractivity (Wildman–Crippen MR) is 41.8 cm³/mol. The molecule has 1 aromatic carbocycles. The fourth-order valence-corrected chi connectivity index (χ4v) is 0.860. The molecule has 0 bridgehead atoms. The summed E-state index contributed by atoms with van der Waals surface area (Å²) in [4.78, 5) is 13.0. The zero-order valence-electron chi connectivity index (χ0n) is 6.44. The molecule has 1 N–H and O–H groups in total. The van der Waals surface area contributed by atoms with Gasteiger partial charge in [-0.25, -0.2) is 9.18 Å². The molecule has 1 aromatic rings. The highest BCUT2D eigenvalue weighted by molar-refractivity contribution is 6.39. The van der Waals surface area contributed by atoms with Gasteiger partial charge >= 0.3 is 11.7 Å². The highest BCUT2D eigenvalue weighted by Gasteiger charge is 2.21. The van der Waals surface area contributed by atoms with Gasteiger partial charge in [0.25, 0.3) is 0 Å². The molecule has 4 nitrogen and oxygen atoms in total. The third-order valence-corrected chi connectivity index (χ3v) is 1.40. The molecule has 66 valence electrons. The maximum absolute atomic E-state index is 12.6. The summed E-state index contributed by atoms with van der Waals surface area (Å²) >= 11 is 0. The molecule has 0 atom stereocenters. The van der Waals surface area contributed by atoms with E-state index in [4.69, 9.17) is 10.6 Å². The summed E-state index contributed by atoms with van der Waals surface area (Å²) in [6.45, 7) is 0. The lowest BCUT2D eigenvalue weighted by atomic mass is 10.1. The van der Waals surface area contributed by atoms with Crippen molar-refractivity contribution in [2.24, 2.45) is 0 Å². The molecule has 0 aromatic heterocycles. The Morgan fingerprint density at radius 2 is 2.23 bits per heavy atom. The van der Waals surface area contributed by atoms with Gasteiger partial charge in [0.1, 0.15) is 5.82 Å². The van der Waals surface area contributed by atoms with E-state index in [1.165, 1.54) is 18.2 Å². The Balaban J connectivity index is 3.21. The molecule has 0 unspecified atom stereocenters. The Kier molecular flexibility index (Phi) is 2.52. The van der Waals surface area contributed by atoms with Gasteiger partial charge in [0.15, 0.2) is 0 Å². The molecule has 0 aliphatic carbocycles. The van der Waals surface area contributed by atoms with E-state index < -0.39 is 17.5 Å². The van der Waals surface area contributed by atoms with Gasteiger partial charge in [-0.15, -0.1) is 0 Å². The molecule has 5 heteroatoms. The van der Waals surface area contributed by atoms with Gasteiger partial charge in [0.05, 0.1) is 5.56 Å². The Morgan fingerprint density at radius 3 is 2.69 bits per heavy atom. The number of nitrogens with zero attached hydrogens (tertiary/aromatic N) is 2. The van der Waals surface area contributed by atoms with Crippen molar-refractivity contribution in [3.05, 3.63) is 41.2 Å². The van der Waals surface area contributed by atoms with E-state index in [1.807, 2.05) is 0 Å². The summed E-state index contributed by atoms with van der Waals surface area (Å²) in [5, 5.41) is 8.50. The Labute approximate surface area is 72.9 Å². The second-order valence-corrected chi connectivity index (χ2v) is 2.26. The zero-order chi connectivity index (χ0) is 9.84. The lowest BCUT2D eigenvalue weighted by molar-refractivity contribution is -0.133. The van der Waals surface area contributed by atoms with Crippen LogP contribution in [0.25, 0.3) is 5.53 Å². The van der Waals surface area contributed by atoms with Crippen molar-refractivity contribution in [1.82, 2.24) is 0 Å². The number of hydrogen-bond acceptors (Lipinski definition) is 1. The first kappa shape index (κ1) is 9.09. The van der Waals surface area contributed by atoms with E-state index in [0.717, 1.165) is 6.07 Å².